The van der Waals surface area contributed by atoms with Crippen molar-refractivity contribution in [1.82, 2.24) is 0 Å². The Morgan fingerprint density at radius 1 is 1.27 bits per heavy atom. The van der Waals surface area contributed by atoms with Crippen LogP contribution in [0.15, 0.2) is 17.2 Å². The van der Waals surface area contributed by atoms with Crippen molar-refractivity contribution >= 4 is 5.69 Å². The molecule has 1 heterocycles. The monoisotopic (exact) mass is 217 g/mol. The molecule has 0 aliphatic carbocycles. The van der Waals surface area contributed by atoms with Crippen molar-refractivity contribution < 1.29 is 22.6 Å². The molecule has 78 valence electrons. The van der Waals surface area contributed by atoms with Crippen LogP contribution >= 0.6 is 0 Å². The van der Waals surface area contributed by atoms with Crippen molar-refractivity contribution in [2.24, 2.45) is 5.11 Å². The third kappa shape index (κ3) is 1.62. The Bertz CT molecular complexity index is 471. The zero-order valence-electron chi connectivity index (χ0n) is 6.95. The lowest BCUT2D eigenvalue weighted by atomic mass is 10.3. The van der Waals surface area contributed by atoms with Gasteiger partial charge in [0.2, 0.25) is 0 Å². The molecule has 0 atom stereocenters. The third-order valence-electron chi connectivity index (χ3n) is 1.62. The highest BCUT2D eigenvalue weighted by Gasteiger charge is 2.43. The number of alkyl halides is 2. The third-order valence-corrected chi connectivity index (χ3v) is 1.62. The van der Waals surface area contributed by atoms with Gasteiger partial charge in [0.25, 0.3) is 0 Å². The van der Waals surface area contributed by atoms with E-state index >= 15 is 0 Å². The van der Waals surface area contributed by atoms with Crippen LogP contribution in [0, 0.1) is 5.82 Å². The van der Waals surface area contributed by atoms with Crippen LogP contribution in [0.3, 0.4) is 0 Å². The van der Waals surface area contributed by atoms with Gasteiger partial charge in [0.05, 0.1) is 5.69 Å². The summed E-state index contributed by atoms with van der Waals surface area (Å²) in [5, 5.41) is 2.96. The SMILES string of the molecule is [N-]=[N+]=Nc1cc2c(cc1F)OC(F)(F)O2. The van der Waals surface area contributed by atoms with E-state index in [2.05, 4.69) is 19.5 Å². The molecular formula is C7H2F3N3O2. The van der Waals surface area contributed by atoms with E-state index in [1.54, 1.807) is 0 Å². The molecule has 0 fully saturated rings. The molecule has 1 aliphatic rings. The van der Waals surface area contributed by atoms with Gasteiger partial charge < -0.3 is 9.47 Å². The lowest BCUT2D eigenvalue weighted by molar-refractivity contribution is -0.286. The molecule has 0 amide bonds. The van der Waals surface area contributed by atoms with Crippen LogP contribution in [-0.4, -0.2) is 6.29 Å². The molecule has 0 N–H and O–H groups in total. The quantitative estimate of drug-likeness (QED) is 0.412. The van der Waals surface area contributed by atoms with E-state index < -0.39 is 23.5 Å². The van der Waals surface area contributed by atoms with Gasteiger partial charge in [-0.2, -0.15) is 0 Å². The Hall–Kier alpha value is -2.08. The van der Waals surface area contributed by atoms with E-state index in [1.165, 1.54) is 0 Å². The molecule has 1 aromatic carbocycles. The zero-order valence-corrected chi connectivity index (χ0v) is 6.95. The van der Waals surface area contributed by atoms with Crippen LogP contribution in [-0.2, 0) is 0 Å². The fourth-order valence-corrected chi connectivity index (χ4v) is 1.09. The largest absolute Gasteiger partial charge is 0.586 e. The van der Waals surface area contributed by atoms with Gasteiger partial charge in [-0.3, -0.25) is 0 Å². The Kier molecular flexibility index (Phi) is 1.87. The molecule has 0 radical (unpaired) electrons. The molecule has 0 saturated heterocycles. The minimum absolute atomic E-state index is 0.371. The molecule has 1 aromatic rings. The summed E-state index contributed by atoms with van der Waals surface area (Å²) in [5.74, 6) is -1.77. The van der Waals surface area contributed by atoms with Gasteiger partial charge in [-0.15, -0.1) is 8.78 Å². The number of halogens is 3. The maximum Gasteiger partial charge on any atom is 0.586 e. The Labute approximate surface area is 80.6 Å². The first-order chi connectivity index (χ1) is 7.02. The lowest BCUT2D eigenvalue weighted by Crippen LogP contribution is -2.25. The van der Waals surface area contributed by atoms with E-state index in [0.29, 0.717) is 6.07 Å². The van der Waals surface area contributed by atoms with Gasteiger partial charge in [0.15, 0.2) is 11.5 Å². The van der Waals surface area contributed by atoms with E-state index in [-0.39, 0.29) is 5.75 Å². The predicted octanol–water partition coefficient (Wildman–Crippen LogP) is 3.09. The van der Waals surface area contributed by atoms with Crippen LogP contribution in [0.2, 0.25) is 0 Å². The van der Waals surface area contributed by atoms with Crippen molar-refractivity contribution in [2.75, 3.05) is 0 Å². The molecule has 2 rings (SSSR count). The van der Waals surface area contributed by atoms with E-state index in [4.69, 9.17) is 5.53 Å². The van der Waals surface area contributed by atoms with E-state index in [9.17, 15) is 13.2 Å². The standard InChI is InChI=1S/C7H2F3N3O2/c8-3-1-5-6(2-4(3)12-13-11)15-7(9,10)14-5/h1-2H. The highest BCUT2D eigenvalue weighted by Crippen LogP contribution is 2.43. The summed E-state index contributed by atoms with van der Waals surface area (Å²) in [6, 6.07) is 1.51. The van der Waals surface area contributed by atoms with Crippen molar-refractivity contribution in [2.45, 2.75) is 6.29 Å². The minimum atomic E-state index is -3.82. The molecule has 15 heavy (non-hydrogen) atoms. The maximum absolute atomic E-state index is 13.0. The van der Waals surface area contributed by atoms with Crippen molar-refractivity contribution in [1.29, 1.82) is 0 Å². The summed E-state index contributed by atoms with van der Waals surface area (Å²) < 4.78 is 46.1. The van der Waals surface area contributed by atoms with Gasteiger partial charge in [-0.25, -0.2) is 4.39 Å². The number of rotatable bonds is 1. The highest BCUT2D eigenvalue weighted by molar-refractivity contribution is 5.54. The summed E-state index contributed by atoms with van der Waals surface area (Å²) in [6.07, 6.45) is -3.82. The Morgan fingerprint density at radius 3 is 2.47 bits per heavy atom. The van der Waals surface area contributed by atoms with Gasteiger partial charge in [-0.05, 0) is 11.6 Å². The number of nitrogens with zero attached hydrogens (tertiary/aromatic N) is 3. The molecule has 0 spiro atoms. The molecule has 5 nitrogen and oxygen atoms in total. The normalized spacial score (nSPS) is 15.9. The second-order valence-electron chi connectivity index (χ2n) is 2.61. The van der Waals surface area contributed by atoms with Crippen LogP contribution in [0.4, 0.5) is 18.9 Å². The summed E-state index contributed by atoms with van der Waals surface area (Å²) in [7, 11) is 0. The second-order valence-corrected chi connectivity index (χ2v) is 2.61. The first kappa shape index (κ1) is 9.47. The minimum Gasteiger partial charge on any atom is -0.395 e. The number of hydrogen-bond donors (Lipinski definition) is 0. The Morgan fingerprint density at radius 2 is 1.87 bits per heavy atom. The fourth-order valence-electron chi connectivity index (χ4n) is 1.09. The number of hydrogen-bond acceptors (Lipinski definition) is 3. The number of fused-ring (bicyclic) bond motifs is 1. The molecule has 0 bridgehead atoms. The molecular weight excluding hydrogens is 215 g/mol. The second kappa shape index (κ2) is 2.96. The topological polar surface area (TPSA) is 67.2 Å². The molecule has 0 unspecified atom stereocenters. The van der Waals surface area contributed by atoms with Crippen LogP contribution in [0.25, 0.3) is 10.4 Å². The van der Waals surface area contributed by atoms with Gasteiger partial charge in [0, 0.05) is 11.0 Å². The number of azide groups is 1. The van der Waals surface area contributed by atoms with E-state index in [0.717, 1.165) is 6.07 Å². The first-order valence-corrected chi connectivity index (χ1v) is 3.66. The maximum atomic E-state index is 13.0. The number of benzene rings is 1. The summed E-state index contributed by atoms with van der Waals surface area (Å²) >= 11 is 0. The molecule has 8 heteroatoms. The fraction of sp³-hybridized carbons (Fsp3) is 0.143. The van der Waals surface area contributed by atoms with Gasteiger partial charge in [0.1, 0.15) is 5.82 Å². The van der Waals surface area contributed by atoms with Crippen molar-refractivity contribution in [3.63, 3.8) is 0 Å². The van der Waals surface area contributed by atoms with Crippen molar-refractivity contribution in [3.05, 3.63) is 28.4 Å². The number of ether oxygens (including phenoxy) is 2. The van der Waals surface area contributed by atoms with Crippen LogP contribution in [0.5, 0.6) is 11.5 Å². The smallest absolute Gasteiger partial charge is 0.395 e. The summed E-state index contributed by atoms with van der Waals surface area (Å²) in [5.41, 5.74) is 7.63. The molecule has 0 saturated carbocycles. The van der Waals surface area contributed by atoms with Gasteiger partial charge >= 0.3 is 6.29 Å². The zero-order chi connectivity index (χ0) is 11.1. The average molecular weight is 217 g/mol. The Balaban J connectivity index is 2.49. The van der Waals surface area contributed by atoms with E-state index in [1.807, 2.05) is 0 Å². The van der Waals surface area contributed by atoms with Crippen LogP contribution < -0.4 is 9.47 Å². The lowest BCUT2D eigenvalue weighted by Gasteiger charge is -2.04. The molecule has 1 aliphatic heterocycles. The average Bonchev–Trinajstić information content (AvgIpc) is 2.39. The molecule has 0 aromatic heterocycles. The predicted molar refractivity (Wildman–Crippen MR) is 41.4 cm³/mol. The van der Waals surface area contributed by atoms with Crippen LogP contribution in [0.1, 0.15) is 0 Å². The summed E-state index contributed by atoms with van der Waals surface area (Å²) in [4.78, 5) is 2.33. The first-order valence-electron chi connectivity index (χ1n) is 3.66. The summed E-state index contributed by atoms with van der Waals surface area (Å²) in [6.45, 7) is 0. The highest BCUT2D eigenvalue weighted by atomic mass is 19.3. The van der Waals surface area contributed by atoms with Crippen molar-refractivity contribution in [3.8, 4) is 11.5 Å². The van der Waals surface area contributed by atoms with Gasteiger partial charge in [-0.1, -0.05) is 5.11 Å².